The average molecular weight is 504 g/mol. The molecule has 1 aliphatic carbocycles. The second-order valence-electron chi connectivity index (χ2n) is 10.6. The number of carbonyl (C=O) groups is 2. The van der Waals surface area contributed by atoms with E-state index in [9.17, 15) is 19.5 Å². The van der Waals surface area contributed by atoms with Gasteiger partial charge in [0.05, 0.1) is 17.7 Å². The Bertz CT molecular complexity index is 1340. The van der Waals surface area contributed by atoms with E-state index in [-0.39, 0.29) is 23.9 Å². The number of aromatic nitrogens is 3. The van der Waals surface area contributed by atoms with Crippen LogP contribution < -0.4 is 5.56 Å². The van der Waals surface area contributed by atoms with Gasteiger partial charge < -0.3 is 19.5 Å². The largest absolute Gasteiger partial charge is 0.387 e. The summed E-state index contributed by atoms with van der Waals surface area (Å²) in [7, 11) is 3.36. The van der Waals surface area contributed by atoms with Crippen LogP contribution in [0.4, 0.5) is 0 Å². The lowest BCUT2D eigenvalue weighted by atomic mass is 9.65. The maximum absolute atomic E-state index is 13.4. The van der Waals surface area contributed by atoms with Crippen LogP contribution in [0.3, 0.4) is 0 Å². The molecule has 1 aromatic carbocycles. The number of hydrogen-bond acceptors (Lipinski definition) is 5. The van der Waals surface area contributed by atoms with E-state index in [0.29, 0.717) is 36.3 Å². The van der Waals surface area contributed by atoms with Gasteiger partial charge in [-0.15, -0.1) is 0 Å². The minimum Gasteiger partial charge on any atom is -0.387 e. The van der Waals surface area contributed by atoms with Gasteiger partial charge >= 0.3 is 0 Å². The van der Waals surface area contributed by atoms with Crippen LogP contribution in [0.5, 0.6) is 0 Å². The number of amides is 2. The van der Waals surface area contributed by atoms with Crippen molar-refractivity contribution in [1.82, 2.24) is 24.6 Å². The molecule has 2 aliphatic rings. The lowest BCUT2D eigenvalue weighted by Crippen LogP contribution is -2.62. The number of rotatable bonds is 5. The standard InChI is InChI=1S/C28H33N5O4/c1-31(2)25(35)22-17-33(24(34)16-21(22)20-8-4-3-5-9-20)19-28(37)13-15-32(18-27(28)11-6-7-12-27)26(36)23-10-14-29-30-23/h3-5,8-10,14,16-17,37H,6-7,11-13,15,18-19H2,1-2H3,(H,29,30). The number of carbonyl (C=O) groups excluding carboxylic acids is 2. The molecule has 1 unspecified atom stereocenters. The molecule has 1 spiro atoms. The van der Waals surface area contributed by atoms with Crippen molar-refractivity contribution >= 4 is 11.8 Å². The smallest absolute Gasteiger partial charge is 0.271 e. The number of nitrogens with one attached hydrogen (secondary N) is 1. The van der Waals surface area contributed by atoms with Gasteiger partial charge in [0, 0.05) is 56.6 Å². The summed E-state index contributed by atoms with van der Waals surface area (Å²) in [5.74, 6) is -0.343. The van der Waals surface area contributed by atoms with E-state index >= 15 is 0 Å². The number of H-pyrrole nitrogens is 1. The van der Waals surface area contributed by atoms with Crippen LogP contribution in [-0.4, -0.2) is 74.3 Å². The van der Waals surface area contributed by atoms with Gasteiger partial charge in [-0.1, -0.05) is 43.2 Å². The van der Waals surface area contributed by atoms with Crippen LogP contribution in [0.1, 0.15) is 53.0 Å². The van der Waals surface area contributed by atoms with Crippen LogP contribution in [0.25, 0.3) is 11.1 Å². The number of likely N-dealkylation sites (tertiary alicyclic amines) is 1. The van der Waals surface area contributed by atoms with Crippen molar-refractivity contribution in [2.45, 2.75) is 44.2 Å². The van der Waals surface area contributed by atoms with Gasteiger partial charge in [0.2, 0.25) is 0 Å². The molecule has 194 valence electrons. The fourth-order valence-corrected chi connectivity index (χ4v) is 6.06. The first-order valence-corrected chi connectivity index (χ1v) is 12.8. The highest BCUT2D eigenvalue weighted by molar-refractivity contribution is 6.00. The summed E-state index contributed by atoms with van der Waals surface area (Å²) in [5, 5.41) is 18.8. The molecule has 9 nitrogen and oxygen atoms in total. The summed E-state index contributed by atoms with van der Waals surface area (Å²) in [5.41, 5.74) is 0.211. The summed E-state index contributed by atoms with van der Waals surface area (Å²) in [4.78, 5) is 42.8. The van der Waals surface area contributed by atoms with Crippen LogP contribution in [0.2, 0.25) is 0 Å². The molecule has 1 saturated carbocycles. The molecule has 2 fully saturated rings. The second kappa shape index (κ2) is 9.63. The van der Waals surface area contributed by atoms with E-state index < -0.39 is 11.0 Å². The summed E-state index contributed by atoms with van der Waals surface area (Å²) < 4.78 is 1.48. The highest BCUT2D eigenvalue weighted by Crippen LogP contribution is 2.51. The predicted octanol–water partition coefficient (Wildman–Crippen LogP) is 2.78. The van der Waals surface area contributed by atoms with E-state index in [1.807, 2.05) is 30.3 Å². The maximum Gasteiger partial charge on any atom is 0.271 e. The van der Waals surface area contributed by atoms with Crippen molar-refractivity contribution in [2.24, 2.45) is 5.41 Å². The summed E-state index contributed by atoms with van der Waals surface area (Å²) >= 11 is 0. The molecule has 0 radical (unpaired) electrons. The minimum atomic E-state index is -1.19. The molecular formula is C28H33N5O4. The van der Waals surface area contributed by atoms with E-state index in [1.165, 1.54) is 15.5 Å². The third kappa shape index (κ3) is 4.48. The van der Waals surface area contributed by atoms with Crippen LogP contribution in [0.15, 0.2) is 59.7 Å². The maximum atomic E-state index is 13.4. The Morgan fingerprint density at radius 1 is 1.11 bits per heavy atom. The zero-order valence-electron chi connectivity index (χ0n) is 21.3. The van der Waals surface area contributed by atoms with Crippen LogP contribution in [-0.2, 0) is 6.54 Å². The molecule has 9 heteroatoms. The van der Waals surface area contributed by atoms with Crippen molar-refractivity contribution in [1.29, 1.82) is 0 Å². The number of aliphatic hydroxyl groups is 1. The van der Waals surface area contributed by atoms with Gasteiger partial charge in [0.1, 0.15) is 5.69 Å². The number of pyridine rings is 1. The highest BCUT2D eigenvalue weighted by atomic mass is 16.3. The number of hydrogen-bond donors (Lipinski definition) is 2. The molecule has 0 bridgehead atoms. The first-order chi connectivity index (χ1) is 17.7. The SMILES string of the molecule is CN(C)C(=O)c1cn(CC2(O)CCN(C(=O)c3ccn[nH]3)CC23CCCC3)c(=O)cc1-c1ccccc1. The second-order valence-corrected chi connectivity index (χ2v) is 10.6. The normalized spacial score (nSPS) is 20.8. The molecule has 1 atom stereocenters. The van der Waals surface area contributed by atoms with Crippen molar-refractivity contribution < 1.29 is 14.7 Å². The Hall–Kier alpha value is -3.72. The Labute approximate surface area is 215 Å². The monoisotopic (exact) mass is 503 g/mol. The van der Waals surface area contributed by atoms with Crippen LogP contribution >= 0.6 is 0 Å². The van der Waals surface area contributed by atoms with Gasteiger partial charge in [0.25, 0.3) is 17.4 Å². The Kier molecular flexibility index (Phi) is 6.49. The van der Waals surface area contributed by atoms with Crippen LogP contribution in [0, 0.1) is 5.41 Å². The molecule has 2 N–H and O–H groups in total. The Morgan fingerprint density at radius 3 is 2.49 bits per heavy atom. The topological polar surface area (TPSA) is 112 Å². The quantitative estimate of drug-likeness (QED) is 0.556. The lowest BCUT2D eigenvalue weighted by molar-refractivity contribution is -0.135. The number of piperidine rings is 1. The first kappa shape index (κ1) is 25.0. The Morgan fingerprint density at radius 2 is 1.84 bits per heavy atom. The fourth-order valence-electron chi connectivity index (χ4n) is 6.06. The minimum absolute atomic E-state index is 0.0701. The van der Waals surface area contributed by atoms with Crippen molar-refractivity contribution in [2.75, 3.05) is 27.2 Å². The van der Waals surface area contributed by atoms with Gasteiger partial charge in [-0.2, -0.15) is 5.10 Å². The third-order valence-corrected chi connectivity index (χ3v) is 8.13. The average Bonchev–Trinajstić information content (AvgIpc) is 3.60. The summed E-state index contributed by atoms with van der Waals surface area (Å²) in [6.45, 7) is 0.860. The predicted molar refractivity (Wildman–Crippen MR) is 139 cm³/mol. The molecule has 1 saturated heterocycles. The summed E-state index contributed by atoms with van der Waals surface area (Å²) in [6, 6.07) is 12.5. The highest BCUT2D eigenvalue weighted by Gasteiger charge is 2.55. The van der Waals surface area contributed by atoms with Gasteiger partial charge in [-0.25, -0.2) is 0 Å². The number of benzene rings is 1. The molecule has 1 aliphatic heterocycles. The van der Waals surface area contributed by atoms with Crippen molar-refractivity contribution in [3.63, 3.8) is 0 Å². The molecule has 5 rings (SSSR count). The van der Waals surface area contributed by atoms with Gasteiger partial charge in [-0.05, 0) is 30.9 Å². The van der Waals surface area contributed by atoms with Crippen molar-refractivity contribution in [3.8, 4) is 11.1 Å². The molecule has 3 aromatic rings. The molecule has 37 heavy (non-hydrogen) atoms. The fraction of sp³-hybridized carbons (Fsp3) is 0.429. The van der Waals surface area contributed by atoms with E-state index in [0.717, 1.165) is 31.2 Å². The van der Waals surface area contributed by atoms with E-state index in [2.05, 4.69) is 10.2 Å². The van der Waals surface area contributed by atoms with E-state index in [4.69, 9.17) is 0 Å². The molecule has 3 heterocycles. The zero-order valence-corrected chi connectivity index (χ0v) is 21.3. The molecular weight excluding hydrogens is 470 g/mol. The number of aromatic amines is 1. The van der Waals surface area contributed by atoms with Gasteiger partial charge in [-0.3, -0.25) is 19.5 Å². The van der Waals surface area contributed by atoms with Gasteiger partial charge in [0.15, 0.2) is 0 Å². The Balaban J connectivity index is 1.50. The van der Waals surface area contributed by atoms with Crippen molar-refractivity contribution in [3.05, 3.63) is 76.5 Å². The molecule has 2 aromatic heterocycles. The third-order valence-electron chi connectivity index (χ3n) is 8.13. The molecule has 2 amide bonds. The van der Waals surface area contributed by atoms with E-state index in [1.54, 1.807) is 37.5 Å². The summed E-state index contributed by atoms with van der Waals surface area (Å²) in [6.07, 6.45) is 6.96. The lowest BCUT2D eigenvalue weighted by Gasteiger charge is -2.52. The first-order valence-electron chi connectivity index (χ1n) is 12.8. The zero-order chi connectivity index (χ0) is 26.2. The number of nitrogens with zero attached hydrogens (tertiary/aromatic N) is 4.